The summed E-state index contributed by atoms with van der Waals surface area (Å²) >= 11 is 0. The number of aryl methyl sites for hydroxylation is 1. The first kappa shape index (κ1) is 12.1. The number of oxazole rings is 1. The predicted molar refractivity (Wildman–Crippen MR) is 64.5 cm³/mol. The lowest BCUT2D eigenvalue weighted by Crippen LogP contribution is -2.11. The Morgan fingerprint density at radius 2 is 2.18 bits per heavy atom. The Hall–Kier alpha value is -1.40. The lowest BCUT2D eigenvalue weighted by atomic mass is 10.3. The maximum absolute atomic E-state index is 11.9. The first-order valence-corrected chi connectivity index (χ1v) is 6.98. The number of hydrogen-bond acceptors (Lipinski definition) is 5. The van der Waals surface area contributed by atoms with Gasteiger partial charge in [-0.15, -0.1) is 0 Å². The van der Waals surface area contributed by atoms with E-state index in [-0.39, 0.29) is 10.6 Å². The minimum atomic E-state index is -3.27. The van der Waals surface area contributed by atoms with Gasteiger partial charge in [-0.05, 0) is 31.2 Å². The van der Waals surface area contributed by atoms with Gasteiger partial charge in [0.25, 0.3) is 0 Å². The largest absolute Gasteiger partial charge is 0.441 e. The van der Waals surface area contributed by atoms with Crippen molar-refractivity contribution in [1.29, 1.82) is 0 Å². The van der Waals surface area contributed by atoms with Gasteiger partial charge in [0.05, 0.1) is 10.6 Å². The van der Waals surface area contributed by atoms with Gasteiger partial charge in [0.1, 0.15) is 5.52 Å². The molecule has 1 heterocycles. The Balaban J connectivity index is 2.42. The molecule has 5 nitrogen and oxygen atoms in total. The average Bonchev–Trinajstić information content (AvgIpc) is 2.65. The van der Waals surface area contributed by atoms with Gasteiger partial charge in [-0.2, -0.15) is 0 Å². The zero-order chi connectivity index (χ0) is 12.5. The Morgan fingerprint density at radius 1 is 1.41 bits per heavy atom. The second kappa shape index (κ2) is 4.46. The molecule has 0 unspecified atom stereocenters. The van der Waals surface area contributed by atoms with Crippen molar-refractivity contribution in [3.63, 3.8) is 0 Å². The van der Waals surface area contributed by atoms with Gasteiger partial charge in [0.2, 0.25) is 0 Å². The molecule has 0 amide bonds. The van der Waals surface area contributed by atoms with Crippen LogP contribution < -0.4 is 5.73 Å². The number of nitrogens with zero attached hydrogens (tertiary/aromatic N) is 1. The van der Waals surface area contributed by atoms with Crippen molar-refractivity contribution in [1.82, 2.24) is 4.98 Å². The maximum Gasteiger partial charge on any atom is 0.192 e. The van der Waals surface area contributed by atoms with Gasteiger partial charge in [0.15, 0.2) is 21.3 Å². The van der Waals surface area contributed by atoms with Gasteiger partial charge < -0.3 is 10.2 Å². The van der Waals surface area contributed by atoms with Crippen molar-refractivity contribution >= 4 is 20.9 Å². The highest BCUT2D eigenvalue weighted by atomic mass is 32.2. The Kier molecular flexibility index (Phi) is 3.17. The third-order valence-corrected chi connectivity index (χ3v) is 4.24. The van der Waals surface area contributed by atoms with Crippen molar-refractivity contribution in [3.8, 4) is 0 Å². The van der Waals surface area contributed by atoms with Crippen LogP contribution >= 0.6 is 0 Å². The van der Waals surface area contributed by atoms with Crippen molar-refractivity contribution in [2.24, 2.45) is 5.73 Å². The Labute approximate surface area is 99.6 Å². The minimum Gasteiger partial charge on any atom is -0.441 e. The molecule has 2 N–H and O–H groups in total. The van der Waals surface area contributed by atoms with E-state index >= 15 is 0 Å². The maximum atomic E-state index is 11.9. The molecule has 0 fully saturated rings. The number of fused-ring (bicyclic) bond motifs is 1. The lowest BCUT2D eigenvalue weighted by Gasteiger charge is -2.02. The van der Waals surface area contributed by atoms with Crippen LogP contribution in [0.1, 0.15) is 12.3 Å². The van der Waals surface area contributed by atoms with E-state index in [4.69, 9.17) is 10.2 Å². The van der Waals surface area contributed by atoms with Crippen LogP contribution in [0.4, 0.5) is 0 Å². The molecule has 6 heteroatoms. The molecule has 1 aromatic carbocycles. The van der Waals surface area contributed by atoms with Crippen molar-refractivity contribution in [2.75, 3.05) is 12.3 Å². The number of hydrogen-bond donors (Lipinski definition) is 1. The fraction of sp³-hybridized carbons (Fsp3) is 0.364. The van der Waals surface area contributed by atoms with E-state index in [0.29, 0.717) is 30.0 Å². The SMILES string of the molecule is Cc1nc2cc(S(=O)(=O)CCCN)ccc2o1. The number of sulfone groups is 1. The molecule has 2 rings (SSSR count). The van der Waals surface area contributed by atoms with Crippen LogP contribution in [0.5, 0.6) is 0 Å². The van der Waals surface area contributed by atoms with Crippen molar-refractivity contribution in [3.05, 3.63) is 24.1 Å². The highest BCUT2D eigenvalue weighted by molar-refractivity contribution is 7.91. The molecule has 2 aromatic rings. The van der Waals surface area contributed by atoms with Crippen LogP contribution in [0.25, 0.3) is 11.1 Å². The summed E-state index contributed by atoms with van der Waals surface area (Å²) in [6.07, 6.45) is 0.457. The molecule has 0 spiro atoms. The molecule has 1 aromatic heterocycles. The van der Waals surface area contributed by atoms with E-state index in [0.717, 1.165) is 0 Å². The molecule has 92 valence electrons. The van der Waals surface area contributed by atoms with E-state index in [1.165, 1.54) is 6.07 Å². The quantitative estimate of drug-likeness (QED) is 0.887. The monoisotopic (exact) mass is 254 g/mol. The van der Waals surface area contributed by atoms with Gasteiger partial charge in [-0.3, -0.25) is 0 Å². The number of rotatable bonds is 4. The average molecular weight is 254 g/mol. The van der Waals surface area contributed by atoms with Crippen LogP contribution in [0.15, 0.2) is 27.5 Å². The second-order valence-electron chi connectivity index (χ2n) is 3.82. The normalized spacial score (nSPS) is 12.1. The Morgan fingerprint density at radius 3 is 2.88 bits per heavy atom. The van der Waals surface area contributed by atoms with Crippen LogP contribution in [0.3, 0.4) is 0 Å². The molecule has 0 radical (unpaired) electrons. The summed E-state index contributed by atoms with van der Waals surface area (Å²) in [5.41, 5.74) is 6.48. The Bertz CT molecular complexity index is 631. The second-order valence-corrected chi connectivity index (χ2v) is 5.93. The first-order valence-electron chi connectivity index (χ1n) is 5.33. The van der Waals surface area contributed by atoms with E-state index in [2.05, 4.69) is 4.98 Å². The third kappa shape index (κ3) is 2.48. The molecule has 0 bridgehead atoms. The van der Waals surface area contributed by atoms with Crippen LogP contribution in [-0.4, -0.2) is 25.7 Å². The predicted octanol–water partition coefficient (Wildman–Crippen LogP) is 1.26. The smallest absolute Gasteiger partial charge is 0.192 e. The zero-order valence-corrected chi connectivity index (χ0v) is 10.3. The summed E-state index contributed by atoms with van der Waals surface area (Å²) in [5, 5.41) is 0. The molecule has 0 saturated carbocycles. The minimum absolute atomic E-state index is 0.0613. The van der Waals surface area contributed by atoms with E-state index in [1.807, 2.05) is 0 Å². The van der Waals surface area contributed by atoms with E-state index in [9.17, 15) is 8.42 Å². The van der Waals surface area contributed by atoms with E-state index in [1.54, 1.807) is 19.1 Å². The molecule has 0 aliphatic carbocycles. The van der Waals surface area contributed by atoms with Gasteiger partial charge in [-0.25, -0.2) is 13.4 Å². The molecular weight excluding hydrogens is 240 g/mol. The summed E-state index contributed by atoms with van der Waals surface area (Å²) in [5.74, 6) is 0.586. The lowest BCUT2D eigenvalue weighted by molar-refractivity contribution is 0.561. The third-order valence-electron chi connectivity index (χ3n) is 2.44. The number of aromatic nitrogens is 1. The van der Waals surface area contributed by atoms with Gasteiger partial charge in [-0.1, -0.05) is 0 Å². The standard InChI is InChI=1S/C11H14N2O3S/c1-8-13-10-7-9(3-4-11(10)16-8)17(14,15)6-2-5-12/h3-4,7H,2,5-6,12H2,1H3. The summed E-state index contributed by atoms with van der Waals surface area (Å²) in [7, 11) is -3.27. The van der Waals surface area contributed by atoms with Crippen molar-refractivity contribution < 1.29 is 12.8 Å². The number of nitrogens with two attached hydrogens (primary N) is 1. The highest BCUT2D eigenvalue weighted by Crippen LogP contribution is 2.20. The molecule has 0 aliphatic heterocycles. The van der Waals surface area contributed by atoms with Crippen LogP contribution in [-0.2, 0) is 9.84 Å². The topological polar surface area (TPSA) is 86.2 Å². The van der Waals surface area contributed by atoms with Gasteiger partial charge >= 0.3 is 0 Å². The van der Waals surface area contributed by atoms with Gasteiger partial charge in [0, 0.05) is 6.92 Å². The summed E-state index contributed by atoms with van der Waals surface area (Å²) < 4.78 is 29.1. The highest BCUT2D eigenvalue weighted by Gasteiger charge is 2.15. The van der Waals surface area contributed by atoms with Crippen LogP contribution in [0.2, 0.25) is 0 Å². The van der Waals surface area contributed by atoms with Crippen LogP contribution in [0, 0.1) is 6.92 Å². The van der Waals surface area contributed by atoms with Crippen molar-refractivity contribution in [2.45, 2.75) is 18.2 Å². The molecule has 0 aliphatic rings. The molecule has 0 atom stereocenters. The van der Waals surface area contributed by atoms with E-state index < -0.39 is 9.84 Å². The summed E-state index contributed by atoms with van der Waals surface area (Å²) in [6.45, 7) is 2.09. The first-order chi connectivity index (χ1) is 8.03. The number of benzene rings is 1. The fourth-order valence-electron chi connectivity index (χ4n) is 1.61. The fourth-order valence-corrected chi connectivity index (χ4v) is 2.96. The molecule has 0 saturated heterocycles. The summed E-state index contributed by atoms with van der Waals surface area (Å²) in [4.78, 5) is 4.38. The summed E-state index contributed by atoms with van der Waals surface area (Å²) in [6, 6.07) is 4.71. The zero-order valence-electron chi connectivity index (χ0n) is 9.51. The molecule has 17 heavy (non-hydrogen) atoms. The molecular formula is C11H14N2O3S.